The van der Waals surface area contributed by atoms with Crippen LogP contribution >= 0.6 is 11.8 Å². The van der Waals surface area contributed by atoms with Crippen LogP contribution in [0, 0.1) is 0 Å². The molecular weight excluding hydrogens is 244 g/mol. The van der Waals surface area contributed by atoms with E-state index in [4.69, 9.17) is 0 Å². The monoisotopic (exact) mass is 268 g/mol. The van der Waals surface area contributed by atoms with Crippen LogP contribution in [0.3, 0.4) is 0 Å². The fourth-order valence-corrected chi connectivity index (χ4v) is 4.15. The molecule has 1 aliphatic heterocycles. The average Bonchev–Trinajstić information content (AvgIpc) is 2.66. The van der Waals surface area contributed by atoms with Crippen LogP contribution in [0.25, 0.3) is 0 Å². The highest BCUT2D eigenvalue weighted by Gasteiger charge is 2.42. The number of carbonyl (C=O) groups excluding carboxylic acids is 1. The molecule has 0 spiro atoms. The van der Waals surface area contributed by atoms with E-state index < -0.39 is 0 Å². The molecule has 0 N–H and O–H groups in total. The molecule has 0 aromatic heterocycles. The van der Waals surface area contributed by atoms with E-state index in [0.717, 1.165) is 18.0 Å². The topological polar surface area (TPSA) is 32.7 Å². The third-order valence-corrected chi connectivity index (χ3v) is 5.51. The molecule has 1 unspecified atom stereocenters. The lowest BCUT2D eigenvalue weighted by atomic mass is 9.95. The molecule has 0 radical (unpaired) electrons. The van der Waals surface area contributed by atoms with E-state index in [-0.39, 0.29) is 10.7 Å². The van der Waals surface area contributed by atoms with Crippen molar-refractivity contribution >= 4 is 22.8 Å². The third kappa shape index (κ3) is 2.73. The van der Waals surface area contributed by atoms with Crippen molar-refractivity contribution in [1.29, 1.82) is 0 Å². The summed E-state index contributed by atoms with van der Waals surface area (Å²) in [6.07, 6.45) is 8.42. The Hall–Kier alpha value is -0.510. The molecule has 1 saturated carbocycles. The summed E-state index contributed by atoms with van der Waals surface area (Å²) in [4.78, 5) is 18.6. The lowest BCUT2D eigenvalue weighted by Gasteiger charge is -2.32. The number of rotatable bonds is 3. The van der Waals surface area contributed by atoms with Gasteiger partial charge in [0.05, 0.1) is 0 Å². The fourth-order valence-electron chi connectivity index (χ4n) is 2.88. The number of aliphatic imine (C=N–C) groups is 1. The highest BCUT2D eigenvalue weighted by atomic mass is 32.2. The van der Waals surface area contributed by atoms with Gasteiger partial charge in [-0.25, -0.2) is 0 Å². The van der Waals surface area contributed by atoms with Crippen LogP contribution in [-0.4, -0.2) is 33.8 Å². The van der Waals surface area contributed by atoms with E-state index >= 15 is 0 Å². The SMILES string of the molecule is CCCC1(C)SC(N(C)C2CCCCC2)=NC1=O. The van der Waals surface area contributed by atoms with Gasteiger partial charge in [-0.3, -0.25) is 4.79 Å². The molecule has 3 nitrogen and oxygen atoms in total. The second-order valence-electron chi connectivity index (χ2n) is 5.69. The first-order chi connectivity index (χ1) is 8.57. The zero-order valence-electron chi connectivity index (χ0n) is 11.7. The first kappa shape index (κ1) is 13.9. The molecule has 1 atom stereocenters. The molecule has 0 bridgehead atoms. The van der Waals surface area contributed by atoms with Gasteiger partial charge in [-0.2, -0.15) is 4.99 Å². The van der Waals surface area contributed by atoms with Crippen molar-refractivity contribution in [3.8, 4) is 0 Å². The van der Waals surface area contributed by atoms with Crippen LogP contribution in [0.4, 0.5) is 0 Å². The minimum atomic E-state index is -0.312. The van der Waals surface area contributed by atoms with Crippen molar-refractivity contribution in [2.24, 2.45) is 4.99 Å². The largest absolute Gasteiger partial charge is 0.351 e. The van der Waals surface area contributed by atoms with Crippen LogP contribution < -0.4 is 0 Å². The number of carbonyl (C=O) groups is 1. The second-order valence-corrected chi connectivity index (χ2v) is 7.16. The second kappa shape index (κ2) is 5.64. The molecule has 1 aliphatic carbocycles. The maximum atomic E-state index is 12.0. The Morgan fingerprint density at radius 1 is 1.39 bits per heavy atom. The van der Waals surface area contributed by atoms with Gasteiger partial charge in [-0.15, -0.1) is 0 Å². The number of hydrogen-bond donors (Lipinski definition) is 0. The zero-order chi connectivity index (χ0) is 13.2. The van der Waals surface area contributed by atoms with Crippen molar-refractivity contribution in [2.45, 2.75) is 69.6 Å². The van der Waals surface area contributed by atoms with Crippen LogP contribution in [0.1, 0.15) is 58.8 Å². The molecule has 102 valence electrons. The third-order valence-electron chi connectivity index (χ3n) is 4.12. The van der Waals surface area contributed by atoms with Crippen molar-refractivity contribution in [2.75, 3.05) is 7.05 Å². The first-order valence-electron chi connectivity index (χ1n) is 7.12. The smallest absolute Gasteiger partial charge is 0.264 e. The lowest BCUT2D eigenvalue weighted by Crippen LogP contribution is -2.37. The summed E-state index contributed by atoms with van der Waals surface area (Å²) in [7, 11) is 2.10. The molecule has 0 saturated heterocycles. The van der Waals surface area contributed by atoms with Crippen LogP contribution in [0.15, 0.2) is 4.99 Å². The summed E-state index contributed by atoms with van der Waals surface area (Å²) < 4.78 is -0.312. The standard InChI is InChI=1S/C14H24N2OS/c1-4-10-14(2)12(17)15-13(18-14)16(3)11-8-6-5-7-9-11/h11H,4-10H2,1-3H3. The molecule has 1 fully saturated rings. The predicted molar refractivity (Wildman–Crippen MR) is 78.0 cm³/mol. The van der Waals surface area contributed by atoms with E-state index in [1.54, 1.807) is 11.8 Å². The van der Waals surface area contributed by atoms with Gasteiger partial charge in [0.1, 0.15) is 4.75 Å². The summed E-state index contributed by atoms with van der Waals surface area (Å²) in [6, 6.07) is 0.585. The Kier molecular flexibility index (Phi) is 4.36. The van der Waals surface area contributed by atoms with Gasteiger partial charge in [0.2, 0.25) is 0 Å². The number of nitrogens with zero attached hydrogens (tertiary/aromatic N) is 2. The highest BCUT2D eigenvalue weighted by molar-refractivity contribution is 8.16. The van der Waals surface area contributed by atoms with E-state index in [1.807, 2.05) is 6.92 Å². The van der Waals surface area contributed by atoms with Crippen molar-refractivity contribution in [3.05, 3.63) is 0 Å². The van der Waals surface area contributed by atoms with Crippen molar-refractivity contribution < 1.29 is 4.79 Å². The first-order valence-corrected chi connectivity index (χ1v) is 7.93. The van der Waals surface area contributed by atoms with Gasteiger partial charge < -0.3 is 4.90 Å². The van der Waals surface area contributed by atoms with Crippen molar-refractivity contribution in [1.82, 2.24) is 4.90 Å². The van der Waals surface area contributed by atoms with E-state index in [2.05, 4.69) is 23.9 Å². The Bertz CT molecular complexity index is 350. The minimum Gasteiger partial charge on any atom is -0.351 e. The average molecular weight is 268 g/mol. The van der Waals surface area contributed by atoms with E-state index in [1.165, 1.54) is 32.1 Å². The van der Waals surface area contributed by atoms with Crippen LogP contribution in [-0.2, 0) is 4.79 Å². The summed E-state index contributed by atoms with van der Waals surface area (Å²) >= 11 is 1.67. The van der Waals surface area contributed by atoms with Gasteiger partial charge in [0.25, 0.3) is 5.91 Å². The van der Waals surface area contributed by atoms with E-state index in [9.17, 15) is 4.79 Å². The Morgan fingerprint density at radius 3 is 2.67 bits per heavy atom. The number of thioether (sulfide) groups is 1. The van der Waals surface area contributed by atoms with Crippen LogP contribution in [0.2, 0.25) is 0 Å². The summed E-state index contributed by atoms with van der Waals surface area (Å²) in [5.41, 5.74) is 0. The zero-order valence-corrected chi connectivity index (χ0v) is 12.6. The van der Waals surface area contributed by atoms with Gasteiger partial charge in [-0.05, 0) is 26.2 Å². The minimum absolute atomic E-state index is 0.0620. The molecule has 1 amide bonds. The maximum absolute atomic E-state index is 12.0. The van der Waals surface area contributed by atoms with E-state index in [0.29, 0.717) is 6.04 Å². The van der Waals surface area contributed by atoms with Crippen molar-refractivity contribution in [3.63, 3.8) is 0 Å². The van der Waals surface area contributed by atoms with Crippen LogP contribution in [0.5, 0.6) is 0 Å². The van der Waals surface area contributed by atoms with Gasteiger partial charge in [0.15, 0.2) is 5.17 Å². The lowest BCUT2D eigenvalue weighted by molar-refractivity contribution is -0.119. The predicted octanol–water partition coefficient (Wildman–Crippen LogP) is 3.44. The molecule has 0 aromatic carbocycles. The number of hydrogen-bond acceptors (Lipinski definition) is 3. The summed E-state index contributed by atoms with van der Waals surface area (Å²) in [5.74, 6) is 0.0620. The molecule has 18 heavy (non-hydrogen) atoms. The maximum Gasteiger partial charge on any atom is 0.264 e. The normalized spacial score (nSPS) is 29.5. The summed E-state index contributed by atoms with van der Waals surface area (Å²) in [5, 5.41) is 0.947. The molecular formula is C14H24N2OS. The fraction of sp³-hybridized carbons (Fsp3) is 0.857. The number of amidine groups is 1. The Morgan fingerprint density at radius 2 is 2.06 bits per heavy atom. The molecule has 4 heteroatoms. The Labute approximate surface area is 114 Å². The molecule has 0 aromatic rings. The molecule has 2 rings (SSSR count). The van der Waals surface area contributed by atoms with Gasteiger partial charge in [0, 0.05) is 13.1 Å². The molecule has 2 aliphatic rings. The highest BCUT2D eigenvalue weighted by Crippen LogP contribution is 2.39. The van der Waals surface area contributed by atoms with Gasteiger partial charge in [-0.1, -0.05) is 44.4 Å². The Balaban J connectivity index is 2.02. The number of amides is 1. The van der Waals surface area contributed by atoms with Gasteiger partial charge >= 0.3 is 0 Å². The quantitative estimate of drug-likeness (QED) is 0.786. The molecule has 1 heterocycles. The summed E-state index contributed by atoms with van der Waals surface area (Å²) in [6.45, 7) is 4.16.